The van der Waals surface area contributed by atoms with Crippen LogP contribution >= 0.6 is 0 Å². The van der Waals surface area contributed by atoms with Crippen molar-refractivity contribution in [2.24, 2.45) is 5.73 Å². The zero-order valence-corrected chi connectivity index (χ0v) is 13.9. The Bertz CT molecular complexity index is 471. The molecule has 1 aromatic carbocycles. The fraction of sp³-hybridized carbons (Fsp3) is 0.588. The number of benzene rings is 1. The number of hydrogen-bond donors (Lipinski definition) is 2. The highest BCUT2D eigenvalue weighted by atomic mass is 16.5. The van der Waals surface area contributed by atoms with E-state index < -0.39 is 0 Å². The molecular weight excluding hydrogens is 264 g/mol. The maximum Gasteiger partial charge on any atom is 0.258 e. The van der Waals surface area contributed by atoms with E-state index in [9.17, 15) is 4.79 Å². The zero-order valence-electron chi connectivity index (χ0n) is 13.9. The molecule has 0 saturated carbocycles. The summed E-state index contributed by atoms with van der Waals surface area (Å²) in [5.74, 6) is 0.659. The number of aryl methyl sites for hydroxylation is 3. The van der Waals surface area contributed by atoms with E-state index in [0.29, 0.717) is 6.54 Å². The summed E-state index contributed by atoms with van der Waals surface area (Å²) in [4.78, 5) is 11.9. The summed E-state index contributed by atoms with van der Waals surface area (Å²) >= 11 is 0. The van der Waals surface area contributed by atoms with Gasteiger partial charge in [-0.2, -0.15) is 0 Å². The van der Waals surface area contributed by atoms with E-state index in [1.807, 2.05) is 34.6 Å². The van der Waals surface area contributed by atoms with Gasteiger partial charge in [0.15, 0.2) is 6.61 Å². The molecule has 0 saturated heterocycles. The Morgan fingerprint density at radius 2 is 1.71 bits per heavy atom. The van der Waals surface area contributed by atoms with Crippen molar-refractivity contribution < 1.29 is 9.53 Å². The monoisotopic (exact) mass is 292 g/mol. The van der Waals surface area contributed by atoms with Crippen LogP contribution in [0.1, 0.15) is 43.4 Å². The van der Waals surface area contributed by atoms with E-state index in [0.717, 1.165) is 29.7 Å². The molecule has 1 aromatic rings. The van der Waals surface area contributed by atoms with Crippen LogP contribution in [0, 0.1) is 20.8 Å². The van der Waals surface area contributed by atoms with Gasteiger partial charge in [0.1, 0.15) is 5.75 Å². The molecule has 1 amide bonds. The summed E-state index contributed by atoms with van der Waals surface area (Å²) in [6, 6.07) is 4.11. The fourth-order valence-corrected chi connectivity index (χ4v) is 2.36. The first-order valence-corrected chi connectivity index (χ1v) is 7.57. The average Bonchev–Trinajstić information content (AvgIpc) is 2.43. The Morgan fingerprint density at radius 1 is 1.19 bits per heavy atom. The highest BCUT2D eigenvalue weighted by Gasteiger charge is 2.21. The molecule has 0 radical (unpaired) electrons. The molecule has 0 aromatic heterocycles. The summed E-state index contributed by atoms with van der Waals surface area (Å²) in [6.45, 7) is 10.6. The second-order valence-corrected chi connectivity index (χ2v) is 5.86. The van der Waals surface area contributed by atoms with E-state index in [1.165, 1.54) is 5.56 Å². The van der Waals surface area contributed by atoms with Crippen LogP contribution in [0.2, 0.25) is 0 Å². The van der Waals surface area contributed by atoms with Gasteiger partial charge in [0, 0.05) is 12.1 Å². The third kappa shape index (κ3) is 5.05. The molecule has 0 fully saturated rings. The van der Waals surface area contributed by atoms with Gasteiger partial charge in [0.2, 0.25) is 0 Å². The number of carbonyl (C=O) groups excluding carboxylic acids is 1. The van der Waals surface area contributed by atoms with Crippen molar-refractivity contribution in [3.05, 3.63) is 28.8 Å². The Hall–Kier alpha value is -1.55. The zero-order chi connectivity index (χ0) is 16.0. The Labute approximate surface area is 128 Å². The Morgan fingerprint density at radius 3 is 2.19 bits per heavy atom. The van der Waals surface area contributed by atoms with Gasteiger partial charge in [0.05, 0.1) is 0 Å². The number of amides is 1. The maximum atomic E-state index is 11.9. The third-order valence-corrected chi connectivity index (χ3v) is 4.00. The lowest BCUT2D eigenvalue weighted by Gasteiger charge is -2.26. The highest BCUT2D eigenvalue weighted by molar-refractivity contribution is 5.77. The van der Waals surface area contributed by atoms with Crippen molar-refractivity contribution in [2.75, 3.05) is 13.2 Å². The smallest absolute Gasteiger partial charge is 0.258 e. The van der Waals surface area contributed by atoms with Gasteiger partial charge >= 0.3 is 0 Å². The van der Waals surface area contributed by atoms with Crippen LogP contribution < -0.4 is 15.8 Å². The number of carbonyl (C=O) groups is 1. The predicted molar refractivity (Wildman–Crippen MR) is 86.7 cm³/mol. The molecule has 0 atom stereocenters. The van der Waals surface area contributed by atoms with Crippen LogP contribution in [0.3, 0.4) is 0 Å². The standard InChI is InChI=1S/C17H28N2O2/c1-6-17(18,7-2)11-19-15(20)10-21-16-13(4)8-12(3)9-14(16)5/h8-9H,6-7,10-11,18H2,1-5H3,(H,19,20). The molecule has 3 N–H and O–H groups in total. The van der Waals surface area contributed by atoms with Crippen molar-refractivity contribution in [3.8, 4) is 5.75 Å². The van der Waals surface area contributed by atoms with Gasteiger partial charge < -0.3 is 15.8 Å². The minimum Gasteiger partial charge on any atom is -0.483 e. The minimum absolute atomic E-state index is 0.0221. The van der Waals surface area contributed by atoms with E-state index >= 15 is 0 Å². The maximum absolute atomic E-state index is 11.9. The van der Waals surface area contributed by atoms with Crippen LogP contribution in [0.15, 0.2) is 12.1 Å². The quantitative estimate of drug-likeness (QED) is 0.812. The van der Waals surface area contributed by atoms with E-state index in [-0.39, 0.29) is 18.1 Å². The minimum atomic E-state index is -0.328. The topological polar surface area (TPSA) is 64.3 Å². The van der Waals surface area contributed by atoms with Crippen molar-refractivity contribution in [3.63, 3.8) is 0 Å². The molecule has 0 aliphatic heterocycles. The predicted octanol–water partition coefficient (Wildman–Crippen LogP) is 2.62. The molecular formula is C17H28N2O2. The third-order valence-electron chi connectivity index (χ3n) is 4.00. The van der Waals surface area contributed by atoms with E-state index in [4.69, 9.17) is 10.5 Å². The second-order valence-electron chi connectivity index (χ2n) is 5.86. The number of rotatable bonds is 7. The van der Waals surface area contributed by atoms with Gasteiger partial charge in [-0.1, -0.05) is 31.5 Å². The average molecular weight is 292 g/mol. The molecule has 0 spiro atoms. The molecule has 4 nitrogen and oxygen atoms in total. The summed E-state index contributed by atoms with van der Waals surface area (Å²) < 4.78 is 5.66. The lowest BCUT2D eigenvalue weighted by molar-refractivity contribution is -0.123. The molecule has 0 heterocycles. The van der Waals surface area contributed by atoms with Crippen LogP contribution in [-0.2, 0) is 4.79 Å². The SMILES string of the molecule is CCC(N)(CC)CNC(=O)COc1c(C)cc(C)cc1C. The normalized spacial score (nSPS) is 11.3. The first kappa shape index (κ1) is 17.5. The number of nitrogens with two attached hydrogens (primary N) is 1. The first-order chi connectivity index (χ1) is 9.81. The van der Waals surface area contributed by atoms with Crippen LogP contribution in [0.5, 0.6) is 5.75 Å². The van der Waals surface area contributed by atoms with Gasteiger partial charge in [-0.3, -0.25) is 4.79 Å². The van der Waals surface area contributed by atoms with E-state index in [2.05, 4.69) is 17.4 Å². The summed E-state index contributed by atoms with van der Waals surface area (Å²) in [5.41, 5.74) is 9.13. The van der Waals surface area contributed by atoms with Crippen molar-refractivity contribution in [1.29, 1.82) is 0 Å². The van der Waals surface area contributed by atoms with Crippen molar-refractivity contribution in [1.82, 2.24) is 5.32 Å². The van der Waals surface area contributed by atoms with Gasteiger partial charge in [-0.25, -0.2) is 0 Å². The lowest BCUT2D eigenvalue weighted by atomic mass is 9.94. The van der Waals surface area contributed by atoms with Gasteiger partial charge in [-0.15, -0.1) is 0 Å². The van der Waals surface area contributed by atoms with Crippen molar-refractivity contribution >= 4 is 5.91 Å². The number of nitrogens with one attached hydrogen (secondary N) is 1. The number of hydrogen-bond acceptors (Lipinski definition) is 3. The largest absolute Gasteiger partial charge is 0.483 e. The van der Waals surface area contributed by atoms with Crippen LogP contribution in [0.25, 0.3) is 0 Å². The molecule has 4 heteroatoms. The molecule has 0 bridgehead atoms. The molecule has 0 aliphatic carbocycles. The second kappa shape index (κ2) is 7.46. The molecule has 118 valence electrons. The molecule has 21 heavy (non-hydrogen) atoms. The molecule has 1 rings (SSSR count). The Kier molecular flexibility index (Phi) is 6.21. The highest BCUT2D eigenvalue weighted by Crippen LogP contribution is 2.24. The van der Waals surface area contributed by atoms with Gasteiger partial charge in [-0.05, 0) is 44.7 Å². The van der Waals surface area contributed by atoms with E-state index in [1.54, 1.807) is 0 Å². The summed E-state index contributed by atoms with van der Waals surface area (Å²) in [5, 5.41) is 2.86. The van der Waals surface area contributed by atoms with Crippen LogP contribution in [0.4, 0.5) is 0 Å². The lowest BCUT2D eigenvalue weighted by Crippen LogP contribution is -2.50. The molecule has 0 aliphatic rings. The summed E-state index contributed by atoms with van der Waals surface area (Å²) in [6.07, 6.45) is 1.67. The van der Waals surface area contributed by atoms with Crippen LogP contribution in [-0.4, -0.2) is 24.6 Å². The first-order valence-electron chi connectivity index (χ1n) is 7.57. The summed E-state index contributed by atoms with van der Waals surface area (Å²) in [7, 11) is 0. The van der Waals surface area contributed by atoms with Gasteiger partial charge in [0.25, 0.3) is 5.91 Å². The number of ether oxygens (including phenoxy) is 1. The fourth-order valence-electron chi connectivity index (χ4n) is 2.36. The Balaban J connectivity index is 2.54. The van der Waals surface area contributed by atoms with Crippen molar-refractivity contribution in [2.45, 2.75) is 53.0 Å². The molecule has 0 unspecified atom stereocenters.